The van der Waals surface area contributed by atoms with Gasteiger partial charge >= 0.3 is 0 Å². The average Bonchev–Trinajstić information content (AvgIpc) is 2.00. The molecule has 2 nitrogen and oxygen atoms in total. The van der Waals surface area contributed by atoms with Crippen molar-refractivity contribution in [1.29, 1.82) is 0 Å². The van der Waals surface area contributed by atoms with Gasteiger partial charge in [0.15, 0.2) is 0 Å². The van der Waals surface area contributed by atoms with E-state index < -0.39 is 23.7 Å². The molecule has 0 aromatic carbocycles. The van der Waals surface area contributed by atoms with Crippen LogP contribution in [-0.2, 0) is 0 Å². The highest BCUT2D eigenvalue weighted by molar-refractivity contribution is 5.35. The Kier molecular flexibility index (Phi) is 2.21. The van der Waals surface area contributed by atoms with Gasteiger partial charge in [0.25, 0.3) is 6.43 Å². The van der Waals surface area contributed by atoms with Crippen LogP contribution in [0.15, 0.2) is 6.20 Å². The second-order valence-corrected chi connectivity index (χ2v) is 2.27. The largest absolute Gasteiger partial charge is 0.505 e. The van der Waals surface area contributed by atoms with Crippen LogP contribution >= 0.6 is 0 Å². The van der Waals surface area contributed by atoms with E-state index in [1.54, 1.807) is 0 Å². The molecule has 66 valence electrons. The van der Waals surface area contributed by atoms with Gasteiger partial charge in [-0.2, -0.15) is 0 Å². The van der Waals surface area contributed by atoms with Crippen molar-refractivity contribution in [3.05, 3.63) is 23.3 Å². The minimum atomic E-state index is -2.88. The summed E-state index contributed by atoms with van der Waals surface area (Å²) < 4.78 is 36.5. The highest BCUT2D eigenvalue weighted by Gasteiger charge is 2.17. The van der Waals surface area contributed by atoms with Gasteiger partial charge in [-0.3, -0.25) is 0 Å². The zero-order chi connectivity index (χ0) is 9.30. The molecule has 5 heteroatoms. The lowest BCUT2D eigenvalue weighted by Crippen LogP contribution is -1.95. The molecule has 0 spiro atoms. The maximum absolute atomic E-state index is 12.6. The maximum Gasteiger partial charge on any atom is 0.284 e. The van der Waals surface area contributed by atoms with Crippen molar-refractivity contribution < 1.29 is 18.3 Å². The third kappa shape index (κ3) is 1.34. The van der Waals surface area contributed by atoms with E-state index in [0.717, 1.165) is 0 Å². The molecule has 0 fully saturated rings. The van der Waals surface area contributed by atoms with Crippen LogP contribution in [0.1, 0.15) is 17.7 Å². The van der Waals surface area contributed by atoms with Gasteiger partial charge in [0.05, 0.1) is 6.20 Å². The summed E-state index contributed by atoms with van der Waals surface area (Å²) in [5, 5.41) is 8.97. The summed E-state index contributed by atoms with van der Waals surface area (Å²) in [4.78, 5) is 3.06. The van der Waals surface area contributed by atoms with Crippen molar-refractivity contribution in [3.8, 4) is 5.75 Å². The second-order valence-electron chi connectivity index (χ2n) is 2.27. The molecule has 0 aliphatic heterocycles. The quantitative estimate of drug-likeness (QED) is 0.713. The van der Waals surface area contributed by atoms with Crippen molar-refractivity contribution >= 4 is 0 Å². The Morgan fingerprint density at radius 2 is 2.08 bits per heavy atom. The predicted octanol–water partition coefficient (Wildman–Crippen LogP) is 2.17. The van der Waals surface area contributed by atoms with E-state index in [-0.39, 0.29) is 5.56 Å². The molecule has 0 saturated heterocycles. The summed E-state index contributed by atoms with van der Waals surface area (Å²) in [6.07, 6.45) is -2.22. The number of halogens is 3. The SMILES string of the molecule is Cc1c(F)cnc(C(F)F)c1O. The molecule has 0 saturated carbocycles. The van der Waals surface area contributed by atoms with E-state index in [0.29, 0.717) is 6.20 Å². The van der Waals surface area contributed by atoms with Gasteiger partial charge in [-0.25, -0.2) is 18.2 Å². The van der Waals surface area contributed by atoms with Crippen molar-refractivity contribution in [3.63, 3.8) is 0 Å². The van der Waals surface area contributed by atoms with Gasteiger partial charge in [0.2, 0.25) is 0 Å². The number of aromatic nitrogens is 1. The van der Waals surface area contributed by atoms with E-state index in [2.05, 4.69) is 4.98 Å². The number of hydrogen-bond acceptors (Lipinski definition) is 2. The number of alkyl halides is 2. The van der Waals surface area contributed by atoms with Crippen LogP contribution in [0.5, 0.6) is 5.75 Å². The lowest BCUT2D eigenvalue weighted by atomic mass is 10.2. The van der Waals surface area contributed by atoms with Crippen LogP contribution < -0.4 is 0 Å². The Morgan fingerprint density at radius 1 is 1.50 bits per heavy atom. The highest BCUT2D eigenvalue weighted by atomic mass is 19.3. The molecule has 1 heterocycles. The van der Waals surface area contributed by atoms with E-state index >= 15 is 0 Å². The summed E-state index contributed by atoms with van der Waals surface area (Å²) in [6.45, 7) is 1.21. The Balaban J connectivity index is 3.27. The Hall–Kier alpha value is -1.26. The summed E-state index contributed by atoms with van der Waals surface area (Å²) in [5.74, 6) is -1.57. The van der Waals surface area contributed by atoms with E-state index in [9.17, 15) is 13.2 Å². The lowest BCUT2D eigenvalue weighted by Gasteiger charge is -2.04. The Morgan fingerprint density at radius 3 is 2.58 bits per heavy atom. The molecule has 0 amide bonds. The normalized spacial score (nSPS) is 10.8. The summed E-state index contributed by atoms with van der Waals surface area (Å²) >= 11 is 0. The zero-order valence-electron chi connectivity index (χ0n) is 6.18. The van der Waals surface area contributed by atoms with E-state index in [4.69, 9.17) is 5.11 Å². The third-order valence-electron chi connectivity index (χ3n) is 1.48. The number of nitrogens with zero attached hydrogens (tertiary/aromatic N) is 1. The molecular weight excluding hydrogens is 171 g/mol. The molecule has 0 atom stereocenters. The topological polar surface area (TPSA) is 33.1 Å². The Labute approximate surface area is 66.7 Å². The molecule has 12 heavy (non-hydrogen) atoms. The molecule has 1 N–H and O–H groups in total. The highest BCUT2D eigenvalue weighted by Crippen LogP contribution is 2.29. The van der Waals surface area contributed by atoms with Crippen LogP contribution in [0, 0.1) is 12.7 Å². The van der Waals surface area contributed by atoms with Crippen molar-refractivity contribution in [2.75, 3.05) is 0 Å². The van der Waals surface area contributed by atoms with Crippen LogP contribution in [-0.4, -0.2) is 10.1 Å². The number of pyridine rings is 1. The smallest absolute Gasteiger partial charge is 0.284 e. The molecule has 0 unspecified atom stereocenters. The van der Waals surface area contributed by atoms with Gasteiger partial charge in [-0.05, 0) is 6.92 Å². The fourth-order valence-corrected chi connectivity index (χ4v) is 0.749. The van der Waals surface area contributed by atoms with Gasteiger partial charge < -0.3 is 5.11 Å². The first kappa shape index (κ1) is 8.83. The number of aromatic hydroxyl groups is 1. The summed E-state index contributed by atoms with van der Waals surface area (Å²) in [7, 11) is 0. The number of hydrogen-bond donors (Lipinski definition) is 1. The van der Waals surface area contributed by atoms with Gasteiger partial charge in [-0.15, -0.1) is 0 Å². The van der Waals surface area contributed by atoms with Gasteiger partial charge in [0, 0.05) is 5.56 Å². The van der Waals surface area contributed by atoms with Crippen LogP contribution in [0.25, 0.3) is 0 Å². The van der Waals surface area contributed by atoms with Gasteiger partial charge in [0.1, 0.15) is 17.3 Å². The van der Waals surface area contributed by atoms with E-state index in [1.165, 1.54) is 6.92 Å². The van der Waals surface area contributed by atoms with Crippen molar-refractivity contribution in [2.45, 2.75) is 13.3 Å². The first-order valence-electron chi connectivity index (χ1n) is 3.16. The first-order chi connectivity index (χ1) is 5.54. The fourth-order valence-electron chi connectivity index (χ4n) is 0.749. The third-order valence-corrected chi connectivity index (χ3v) is 1.48. The molecule has 1 aromatic heterocycles. The lowest BCUT2D eigenvalue weighted by molar-refractivity contribution is 0.141. The number of rotatable bonds is 1. The van der Waals surface area contributed by atoms with Crippen LogP contribution in [0.2, 0.25) is 0 Å². The van der Waals surface area contributed by atoms with Crippen molar-refractivity contribution in [1.82, 2.24) is 4.98 Å². The molecule has 1 aromatic rings. The monoisotopic (exact) mass is 177 g/mol. The van der Waals surface area contributed by atoms with Crippen molar-refractivity contribution in [2.24, 2.45) is 0 Å². The van der Waals surface area contributed by atoms with E-state index in [1.807, 2.05) is 0 Å². The second kappa shape index (κ2) is 3.00. The zero-order valence-corrected chi connectivity index (χ0v) is 6.18. The average molecular weight is 177 g/mol. The summed E-state index contributed by atoms with van der Waals surface area (Å²) in [5.41, 5.74) is -0.991. The summed E-state index contributed by atoms with van der Waals surface area (Å²) in [6, 6.07) is 0. The van der Waals surface area contributed by atoms with Gasteiger partial charge in [-0.1, -0.05) is 0 Å². The molecule has 1 rings (SSSR count). The Bertz CT molecular complexity index is 301. The fraction of sp³-hybridized carbons (Fsp3) is 0.286. The first-order valence-corrected chi connectivity index (χ1v) is 3.16. The molecule has 0 aliphatic rings. The maximum atomic E-state index is 12.6. The van der Waals surface area contributed by atoms with Crippen LogP contribution in [0.4, 0.5) is 13.2 Å². The van der Waals surface area contributed by atoms with Crippen LogP contribution in [0.3, 0.4) is 0 Å². The standard InChI is InChI=1S/C7H6F3NO/c1-3-4(8)2-11-5(6(3)12)7(9)10/h2,7,12H,1H3. The molecular formula is C7H6F3NO. The molecule has 0 aliphatic carbocycles. The molecule has 0 bridgehead atoms. The minimum absolute atomic E-state index is 0.208. The molecule has 0 radical (unpaired) electrons. The predicted molar refractivity (Wildman–Crippen MR) is 35.6 cm³/mol. The minimum Gasteiger partial charge on any atom is -0.505 e.